The van der Waals surface area contributed by atoms with Crippen LogP contribution in [0.1, 0.15) is 444 Å². The van der Waals surface area contributed by atoms with Gasteiger partial charge in [-0.3, -0.25) is 9.59 Å². The van der Waals surface area contributed by atoms with Crippen molar-refractivity contribution >= 4 is 11.9 Å². The van der Waals surface area contributed by atoms with E-state index < -0.39 is 12.1 Å². The molecule has 0 aliphatic carbocycles. The first-order valence-corrected chi connectivity index (χ1v) is 39.1. The minimum atomic E-state index is -0.845. The van der Waals surface area contributed by atoms with Gasteiger partial charge in [0.15, 0.2) is 0 Å². The highest BCUT2D eigenvalue weighted by atomic mass is 16.5. The number of carbonyl (C=O) groups excluding carboxylic acids is 2. The van der Waals surface area contributed by atoms with E-state index in [-0.39, 0.29) is 18.5 Å². The van der Waals surface area contributed by atoms with Crippen LogP contribution in [0.4, 0.5) is 0 Å². The summed E-state index contributed by atoms with van der Waals surface area (Å²) >= 11 is 0. The van der Waals surface area contributed by atoms with Crippen molar-refractivity contribution in [3.8, 4) is 0 Å². The predicted molar refractivity (Wildman–Crippen MR) is 375 cm³/mol. The maximum Gasteiger partial charge on any atom is 0.305 e. The quantitative estimate of drug-likeness (QED) is 0.0320. The fourth-order valence-corrected chi connectivity index (χ4v) is 12.5. The molecule has 0 saturated heterocycles. The number of hydrogen-bond donors (Lipinski definition) is 3. The molecular weight excluding hydrogens is 1040 g/mol. The van der Waals surface area contributed by atoms with Gasteiger partial charge in [0, 0.05) is 12.8 Å². The van der Waals surface area contributed by atoms with E-state index in [1.807, 2.05) is 6.08 Å². The summed E-state index contributed by atoms with van der Waals surface area (Å²) < 4.78 is 5.50. The Bertz CT molecular complexity index is 1330. The van der Waals surface area contributed by atoms with E-state index in [4.69, 9.17) is 4.74 Å². The van der Waals surface area contributed by atoms with Crippen molar-refractivity contribution in [3.63, 3.8) is 0 Å². The van der Waals surface area contributed by atoms with Crippen molar-refractivity contribution < 1.29 is 24.5 Å². The number of unbranched alkanes of at least 4 members (excludes halogenated alkanes) is 61. The number of esters is 1. The molecule has 0 saturated carbocycles. The van der Waals surface area contributed by atoms with Gasteiger partial charge in [0.1, 0.15) is 0 Å². The molecule has 2 unspecified atom stereocenters. The van der Waals surface area contributed by atoms with Crippen LogP contribution in [0.25, 0.3) is 0 Å². The van der Waals surface area contributed by atoms with Gasteiger partial charge in [-0.15, -0.1) is 0 Å². The van der Waals surface area contributed by atoms with Crippen LogP contribution in [0.2, 0.25) is 0 Å². The van der Waals surface area contributed by atoms with Gasteiger partial charge in [-0.2, -0.15) is 0 Å². The topological polar surface area (TPSA) is 95.9 Å². The molecule has 0 radical (unpaired) electrons. The molecule has 1 amide bonds. The van der Waals surface area contributed by atoms with Crippen LogP contribution in [0.5, 0.6) is 0 Å². The zero-order valence-electron chi connectivity index (χ0n) is 57.9. The second-order valence-corrected chi connectivity index (χ2v) is 27.0. The van der Waals surface area contributed by atoms with Crippen LogP contribution >= 0.6 is 0 Å². The van der Waals surface area contributed by atoms with Crippen LogP contribution in [0.15, 0.2) is 24.3 Å². The van der Waals surface area contributed by atoms with Crippen molar-refractivity contribution in [1.82, 2.24) is 5.32 Å². The number of nitrogens with one attached hydrogen (secondary N) is 1. The lowest BCUT2D eigenvalue weighted by Gasteiger charge is -2.20. The zero-order valence-corrected chi connectivity index (χ0v) is 57.9. The predicted octanol–water partition coefficient (Wildman–Crippen LogP) is 25.7. The number of aliphatic hydroxyl groups is 2. The lowest BCUT2D eigenvalue weighted by Crippen LogP contribution is -2.45. The summed E-state index contributed by atoms with van der Waals surface area (Å²) in [6.07, 6.45) is 95.8. The lowest BCUT2D eigenvalue weighted by atomic mass is 10.0. The zero-order chi connectivity index (χ0) is 61.3. The fourth-order valence-electron chi connectivity index (χ4n) is 12.5. The van der Waals surface area contributed by atoms with E-state index in [0.717, 1.165) is 38.5 Å². The van der Waals surface area contributed by atoms with Gasteiger partial charge in [0.2, 0.25) is 5.91 Å². The second-order valence-electron chi connectivity index (χ2n) is 27.0. The third-order valence-corrected chi connectivity index (χ3v) is 18.5. The van der Waals surface area contributed by atoms with Crippen molar-refractivity contribution in [2.45, 2.75) is 456 Å². The number of hydrogen-bond acceptors (Lipinski definition) is 5. The lowest BCUT2D eigenvalue weighted by molar-refractivity contribution is -0.143. The van der Waals surface area contributed by atoms with Crippen molar-refractivity contribution in [3.05, 3.63) is 24.3 Å². The molecule has 0 aromatic carbocycles. The first kappa shape index (κ1) is 83.3. The highest BCUT2D eigenvalue weighted by Gasteiger charge is 2.18. The number of amides is 1. The minimum absolute atomic E-state index is 0.0201. The molecule has 0 aliphatic rings. The fraction of sp³-hybridized carbons (Fsp3) is 0.924. The normalized spacial score (nSPS) is 12.6. The first-order chi connectivity index (χ1) is 42.0. The van der Waals surface area contributed by atoms with E-state index in [1.165, 1.54) is 379 Å². The highest BCUT2D eigenvalue weighted by Crippen LogP contribution is 2.20. The van der Waals surface area contributed by atoms with E-state index in [9.17, 15) is 19.8 Å². The number of rotatable bonds is 74. The van der Waals surface area contributed by atoms with Gasteiger partial charge in [-0.25, -0.2) is 0 Å². The molecule has 0 heterocycles. The van der Waals surface area contributed by atoms with Gasteiger partial charge in [0.25, 0.3) is 0 Å². The van der Waals surface area contributed by atoms with E-state index >= 15 is 0 Å². The highest BCUT2D eigenvalue weighted by molar-refractivity contribution is 5.76. The molecule has 0 bridgehead atoms. The summed E-state index contributed by atoms with van der Waals surface area (Å²) in [5, 5.41) is 23.3. The van der Waals surface area contributed by atoms with Crippen LogP contribution in [-0.2, 0) is 14.3 Å². The largest absolute Gasteiger partial charge is 0.466 e. The summed E-state index contributed by atoms with van der Waals surface area (Å²) in [6.45, 7) is 4.96. The van der Waals surface area contributed by atoms with Crippen molar-refractivity contribution in [2.24, 2.45) is 0 Å². The summed E-state index contributed by atoms with van der Waals surface area (Å²) in [4.78, 5) is 24.6. The van der Waals surface area contributed by atoms with E-state index in [0.29, 0.717) is 19.4 Å². The molecule has 3 N–H and O–H groups in total. The van der Waals surface area contributed by atoms with Gasteiger partial charge in [-0.05, 0) is 57.8 Å². The number of ether oxygens (including phenoxy) is 1. The summed E-state index contributed by atoms with van der Waals surface area (Å²) in [6, 6.07) is -0.628. The summed E-state index contributed by atoms with van der Waals surface area (Å²) in [5.74, 6) is -0.0412. The first-order valence-electron chi connectivity index (χ1n) is 39.1. The summed E-state index contributed by atoms with van der Waals surface area (Å²) in [5.41, 5.74) is 0. The monoisotopic (exact) mass is 1200 g/mol. The molecule has 0 rings (SSSR count). The van der Waals surface area contributed by atoms with Gasteiger partial charge in [-0.1, -0.05) is 398 Å². The molecule has 85 heavy (non-hydrogen) atoms. The molecule has 0 spiro atoms. The number of carbonyl (C=O) groups is 2. The third kappa shape index (κ3) is 71.3. The third-order valence-electron chi connectivity index (χ3n) is 18.5. The Morgan fingerprint density at radius 1 is 0.318 bits per heavy atom. The Hall–Kier alpha value is -1.66. The average Bonchev–Trinajstić information content (AvgIpc) is 3.51. The second kappa shape index (κ2) is 74.8. The van der Waals surface area contributed by atoms with Gasteiger partial charge < -0.3 is 20.3 Å². The van der Waals surface area contributed by atoms with Crippen LogP contribution in [-0.4, -0.2) is 47.4 Å². The average molecular weight is 1200 g/mol. The van der Waals surface area contributed by atoms with E-state index in [2.05, 4.69) is 31.3 Å². The SMILES string of the molecule is CCCCCCCCCCCCCCCCCCCCCCCC/C=C/C(O)C(CO)NC(=O)CCCCCCCCCCCCCCCC/C=C\CCCCCCCCCCCCCCOC(=O)CCCCCCCCCCCCCCCC. The van der Waals surface area contributed by atoms with Crippen LogP contribution in [0, 0.1) is 0 Å². The van der Waals surface area contributed by atoms with Crippen molar-refractivity contribution in [2.75, 3.05) is 13.2 Å². The van der Waals surface area contributed by atoms with Gasteiger partial charge in [0.05, 0.1) is 25.4 Å². The molecule has 2 atom stereocenters. The van der Waals surface area contributed by atoms with E-state index in [1.54, 1.807) is 6.08 Å². The minimum Gasteiger partial charge on any atom is -0.466 e. The molecule has 504 valence electrons. The number of allylic oxidation sites excluding steroid dienone is 3. The standard InChI is InChI=1S/C79H153NO5/c1-3-5-7-9-11-13-15-17-19-20-21-22-23-32-35-38-41-44-47-51-55-59-63-67-71-77(82)76(75-81)80-78(83)72-68-64-60-56-52-48-45-42-39-36-33-30-28-26-24-25-27-29-31-34-37-40-43-46-50-54-58-62-66-70-74-85-79(84)73-69-65-61-57-53-49-18-16-14-12-10-8-6-4-2/h25,27,67,71,76-77,81-82H,3-24,26,28-66,68-70,72-75H2,1-2H3,(H,80,83)/b27-25-,71-67+. The molecule has 6 heteroatoms. The Labute approximate surface area is 532 Å². The Morgan fingerprint density at radius 2 is 0.553 bits per heavy atom. The Morgan fingerprint density at radius 3 is 0.835 bits per heavy atom. The van der Waals surface area contributed by atoms with Crippen LogP contribution < -0.4 is 5.32 Å². The van der Waals surface area contributed by atoms with Crippen molar-refractivity contribution in [1.29, 1.82) is 0 Å². The maximum absolute atomic E-state index is 12.6. The van der Waals surface area contributed by atoms with Crippen LogP contribution in [0.3, 0.4) is 0 Å². The molecule has 0 aromatic heterocycles. The Balaban J connectivity index is 3.39. The number of aliphatic hydroxyl groups excluding tert-OH is 2. The molecular formula is C79H153NO5. The Kier molecular flexibility index (Phi) is 73.3. The molecule has 0 aromatic rings. The molecule has 0 fully saturated rings. The molecule has 0 aliphatic heterocycles. The maximum atomic E-state index is 12.6. The molecule has 6 nitrogen and oxygen atoms in total. The summed E-state index contributed by atoms with van der Waals surface area (Å²) in [7, 11) is 0. The van der Waals surface area contributed by atoms with Gasteiger partial charge >= 0.3 is 5.97 Å². The smallest absolute Gasteiger partial charge is 0.305 e.